The zero-order chi connectivity index (χ0) is 25.0. The summed E-state index contributed by atoms with van der Waals surface area (Å²) in [7, 11) is 1.93. The van der Waals surface area contributed by atoms with Gasteiger partial charge < -0.3 is 9.80 Å². The molecule has 0 saturated carbocycles. The smallest absolute Gasteiger partial charge is 0.228 e. The molecular weight excluding hydrogens is 422 g/mol. The van der Waals surface area contributed by atoms with E-state index >= 15 is 0 Å². The number of rotatable bonds is 3. The van der Waals surface area contributed by atoms with Gasteiger partial charge in [0.1, 0.15) is 0 Å². The van der Waals surface area contributed by atoms with Gasteiger partial charge in [-0.3, -0.25) is 4.79 Å². The number of fused-ring (bicyclic) bond motifs is 3. The van der Waals surface area contributed by atoms with Gasteiger partial charge >= 0.3 is 0 Å². The van der Waals surface area contributed by atoms with Crippen LogP contribution in [0.3, 0.4) is 0 Å². The highest BCUT2D eigenvalue weighted by Crippen LogP contribution is 2.42. The number of aryl methyl sites for hydroxylation is 1. The molecule has 0 spiro atoms. The molecule has 6 nitrogen and oxygen atoms in total. The number of amides is 1. The number of anilines is 2. The summed E-state index contributed by atoms with van der Waals surface area (Å²) >= 11 is 0. The second-order valence-corrected chi connectivity index (χ2v) is 12.0. The fraction of sp³-hybridized carbons (Fsp3) is 0.536. The van der Waals surface area contributed by atoms with Gasteiger partial charge in [-0.15, -0.1) is 0 Å². The van der Waals surface area contributed by atoms with E-state index in [2.05, 4.69) is 61.8 Å². The fourth-order valence-electron chi connectivity index (χ4n) is 5.36. The number of nitrogens with zero attached hydrogens (tertiary/aromatic N) is 5. The van der Waals surface area contributed by atoms with E-state index in [1.807, 2.05) is 56.4 Å². The van der Waals surface area contributed by atoms with Gasteiger partial charge in [0.15, 0.2) is 5.65 Å². The van der Waals surface area contributed by atoms with Gasteiger partial charge in [0.2, 0.25) is 5.91 Å². The zero-order valence-corrected chi connectivity index (χ0v) is 22.2. The first-order valence-corrected chi connectivity index (χ1v) is 12.3. The van der Waals surface area contributed by atoms with Crippen LogP contribution < -0.4 is 4.90 Å². The van der Waals surface area contributed by atoms with Crippen molar-refractivity contribution in [3.05, 3.63) is 53.5 Å². The molecule has 3 heterocycles. The topological polar surface area (TPSA) is 53.7 Å². The fourth-order valence-corrected chi connectivity index (χ4v) is 5.36. The number of aromatic nitrogens is 3. The van der Waals surface area contributed by atoms with Gasteiger partial charge in [0.25, 0.3) is 0 Å². The lowest BCUT2D eigenvalue weighted by Gasteiger charge is -2.41. The van der Waals surface area contributed by atoms with Gasteiger partial charge in [0.05, 0.1) is 29.3 Å². The van der Waals surface area contributed by atoms with Crippen molar-refractivity contribution in [3.8, 4) is 0 Å². The van der Waals surface area contributed by atoms with Crippen molar-refractivity contribution in [3.63, 3.8) is 0 Å². The molecule has 6 heteroatoms. The molecule has 2 aromatic heterocycles. The van der Waals surface area contributed by atoms with Gasteiger partial charge in [-0.25, -0.2) is 9.50 Å². The van der Waals surface area contributed by atoms with Crippen LogP contribution in [0.15, 0.2) is 36.5 Å². The lowest BCUT2D eigenvalue weighted by molar-refractivity contribution is -0.142. The summed E-state index contributed by atoms with van der Waals surface area (Å²) in [6.07, 6.45) is 3.04. The molecule has 1 aliphatic heterocycles. The van der Waals surface area contributed by atoms with Gasteiger partial charge in [-0.1, -0.05) is 60.6 Å². The van der Waals surface area contributed by atoms with Crippen molar-refractivity contribution < 1.29 is 4.79 Å². The number of carbonyl (C=O) groups excluding carboxylic acids is 1. The Bertz CT molecular complexity index is 1200. The standard InChI is InChI=1S/C28H39N5O/c1-18-14-15-32(22-17-29-23-16-19(2)30-33(23)24(18)22)21-12-10-20(11-13-21)25(27(3,4)5)31(9)26(34)28(6,7)8/h10-13,16-18,25H,14-15H2,1-9H3/t18?,25-/m0/s1. The average molecular weight is 462 g/mol. The maximum atomic E-state index is 13.1. The van der Waals surface area contributed by atoms with Crippen molar-refractivity contribution >= 4 is 22.9 Å². The third-order valence-corrected chi connectivity index (χ3v) is 6.86. The first-order chi connectivity index (χ1) is 15.8. The van der Waals surface area contributed by atoms with Crippen LogP contribution in [0.5, 0.6) is 0 Å². The third-order valence-electron chi connectivity index (χ3n) is 6.86. The number of hydrogen-bond donors (Lipinski definition) is 0. The van der Waals surface area contributed by atoms with Crippen LogP contribution in [0, 0.1) is 17.8 Å². The Morgan fingerprint density at radius 3 is 2.35 bits per heavy atom. The second-order valence-electron chi connectivity index (χ2n) is 12.0. The molecule has 3 aromatic rings. The molecule has 2 atom stereocenters. The highest BCUT2D eigenvalue weighted by molar-refractivity contribution is 5.82. The average Bonchev–Trinajstić information content (AvgIpc) is 3.12. The minimum Gasteiger partial charge on any atom is -0.339 e. The molecule has 1 amide bonds. The minimum atomic E-state index is -0.421. The predicted octanol–water partition coefficient (Wildman–Crippen LogP) is 6.27. The van der Waals surface area contributed by atoms with E-state index in [-0.39, 0.29) is 17.4 Å². The molecule has 0 bridgehead atoms. The highest BCUT2D eigenvalue weighted by Gasteiger charge is 2.36. The second kappa shape index (κ2) is 8.40. The molecule has 182 valence electrons. The summed E-state index contributed by atoms with van der Waals surface area (Å²) < 4.78 is 2.01. The summed E-state index contributed by atoms with van der Waals surface area (Å²) in [5.74, 6) is 0.567. The first-order valence-electron chi connectivity index (χ1n) is 12.3. The summed E-state index contributed by atoms with van der Waals surface area (Å²) in [5.41, 5.74) is 5.99. The molecule has 0 aliphatic carbocycles. The summed E-state index contributed by atoms with van der Waals surface area (Å²) in [6.45, 7) is 17.8. The Labute approximate surface area is 204 Å². The number of carbonyl (C=O) groups is 1. The van der Waals surface area contributed by atoms with Crippen LogP contribution in [-0.4, -0.2) is 39.0 Å². The Hall–Kier alpha value is -2.89. The maximum Gasteiger partial charge on any atom is 0.228 e. The third kappa shape index (κ3) is 4.30. The zero-order valence-electron chi connectivity index (χ0n) is 22.2. The van der Waals surface area contributed by atoms with Crippen molar-refractivity contribution in [1.82, 2.24) is 19.5 Å². The minimum absolute atomic E-state index is 0.0183. The van der Waals surface area contributed by atoms with Crippen molar-refractivity contribution in [2.75, 3.05) is 18.5 Å². The lowest BCUT2D eigenvalue weighted by Crippen LogP contribution is -2.43. The molecule has 4 rings (SSSR count). The van der Waals surface area contributed by atoms with Crippen LogP contribution in [0.1, 0.15) is 83.8 Å². The van der Waals surface area contributed by atoms with Gasteiger partial charge in [-0.2, -0.15) is 5.10 Å². The van der Waals surface area contributed by atoms with Crippen molar-refractivity contribution in [2.24, 2.45) is 10.8 Å². The quantitative estimate of drug-likeness (QED) is 0.461. The van der Waals surface area contributed by atoms with E-state index in [1.165, 1.54) is 5.69 Å². The molecule has 1 aromatic carbocycles. The number of benzene rings is 1. The first kappa shape index (κ1) is 24.2. The van der Waals surface area contributed by atoms with Crippen LogP contribution in [-0.2, 0) is 4.79 Å². The summed E-state index contributed by atoms with van der Waals surface area (Å²) in [5, 5.41) is 4.72. The Kier molecular flexibility index (Phi) is 5.99. The van der Waals surface area contributed by atoms with Gasteiger partial charge in [-0.05, 0) is 36.5 Å². The molecule has 0 fully saturated rings. The molecular formula is C28H39N5O. The Morgan fingerprint density at radius 1 is 1.12 bits per heavy atom. The predicted molar refractivity (Wildman–Crippen MR) is 139 cm³/mol. The highest BCUT2D eigenvalue weighted by atomic mass is 16.2. The molecule has 0 N–H and O–H groups in total. The van der Waals surface area contributed by atoms with E-state index in [9.17, 15) is 4.79 Å². The largest absolute Gasteiger partial charge is 0.339 e. The van der Waals surface area contributed by atoms with E-state index < -0.39 is 5.41 Å². The molecule has 34 heavy (non-hydrogen) atoms. The van der Waals surface area contributed by atoms with E-state index in [4.69, 9.17) is 5.10 Å². The Morgan fingerprint density at radius 2 is 1.76 bits per heavy atom. The van der Waals surface area contributed by atoms with E-state index in [0.717, 1.165) is 41.2 Å². The van der Waals surface area contributed by atoms with Crippen LogP contribution in [0.4, 0.5) is 11.4 Å². The molecule has 0 saturated heterocycles. The van der Waals surface area contributed by atoms with E-state index in [1.54, 1.807) is 0 Å². The summed E-state index contributed by atoms with van der Waals surface area (Å²) in [6, 6.07) is 10.7. The lowest BCUT2D eigenvalue weighted by atomic mass is 9.80. The normalized spacial score (nSPS) is 17.6. The number of hydrogen-bond acceptors (Lipinski definition) is 4. The van der Waals surface area contributed by atoms with Crippen LogP contribution in [0.25, 0.3) is 5.65 Å². The summed E-state index contributed by atoms with van der Waals surface area (Å²) in [4.78, 5) is 22.1. The van der Waals surface area contributed by atoms with Crippen LogP contribution in [0.2, 0.25) is 0 Å². The van der Waals surface area contributed by atoms with Gasteiger partial charge in [0, 0.05) is 36.7 Å². The molecule has 1 unspecified atom stereocenters. The molecule has 1 aliphatic rings. The SMILES string of the molecule is Cc1cc2ncc3c(n2n1)C(C)CCN3c1ccc([C@H](N(C)C(=O)C(C)(C)C)C(C)(C)C)cc1. The van der Waals surface area contributed by atoms with E-state index in [0.29, 0.717) is 5.92 Å². The van der Waals surface area contributed by atoms with Crippen LogP contribution >= 0.6 is 0 Å². The monoisotopic (exact) mass is 461 g/mol. The van der Waals surface area contributed by atoms with Crippen molar-refractivity contribution in [2.45, 2.75) is 73.8 Å². The maximum absolute atomic E-state index is 13.1. The Balaban J connectivity index is 1.71. The van der Waals surface area contributed by atoms with Crippen molar-refractivity contribution in [1.29, 1.82) is 0 Å². The molecule has 0 radical (unpaired) electrons.